The first-order chi connectivity index (χ1) is 10.5. The molecule has 0 aliphatic heterocycles. The van der Waals surface area contributed by atoms with Crippen molar-refractivity contribution in [2.45, 2.75) is 13.0 Å². The maximum atomic E-state index is 12.1. The third-order valence-corrected chi connectivity index (χ3v) is 3.92. The summed E-state index contributed by atoms with van der Waals surface area (Å²) in [5.74, 6) is -1.10. The molecule has 0 bridgehead atoms. The molecule has 2 aromatic heterocycles. The molecule has 2 N–H and O–H groups in total. The van der Waals surface area contributed by atoms with E-state index in [1.54, 1.807) is 25.4 Å². The lowest BCUT2D eigenvalue weighted by atomic mass is 10.3. The Morgan fingerprint density at radius 3 is 2.68 bits per heavy atom. The van der Waals surface area contributed by atoms with E-state index in [0.717, 1.165) is 11.3 Å². The Morgan fingerprint density at radius 1 is 1.41 bits per heavy atom. The number of rotatable bonds is 6. The summed E-state index contributed by atoms with van der Waals surface area (Å²) < 4.78 is 4.76. The second-order valence-electron chi connectivity index (χ2n) is 4.28. The van der Waals surface area contributed by atoms with E-state index in [1.807, 2.05) is 0 Å². The van der Waals surface area contributed by atoms with Crippen LogP contribution < -0.4 is 5.32 Å². The van der Waals surface area contributed by atoms with Crippen molar-refractivity contribution in [3.8, 4) is 10.8 Å². The van der Waals surface area contributed by atoms with E-state index < -0.39 is 18.0 Å². The molecule has 1 atom stereocenters. The minimum absolute atomic E-state index is 0.126. The van der Waals surface area contributed by atoms with Gasteiger partial charge in [-0.1, -0.05) is 0 Å². The number of carbonyl (C=O) groups excluding carboxylic acids is 1. The summed E-state index contributed by atoms with van der Waals surface area (Å²) >= 11 is 1.15. The number of hydrogen-bond donors (Lipinski definition) is 2. The van der Waals surface area contributed by atoms with Gasteiger partial charge in [-0.05, 0) is 13.0 Å². The van der Waals surface area contributed by atoms with Gasteiger partial charge in [-0.25, -0.2) is 19.7 Å². The average Bonchev–Trinajstić information content (AvgIpc) is 2.90. The summed E-state index contributed by atoms with van der Waals surface area (Å²) in [6.45, 7) is 1.57. The van der Waals surface area contributed by atoms with Crippen LogP contribution in [0.3, 0.4) is 0 Å². The van der Waals surface area contributed by atoms with Crippen LogP contribution in [0.2, 0.25) is 0 Å². The number of amides is 1. The number of nitrogens with zero attached hydrogens (tertiary/aromatic N) is 3. The summed E-state index contributed by atoms with van der Waals surface area (Å²) in [6, 6.07) is 1.69. The smallest absolute Gasteiger partial charge is 0.334 e. The number of methoxy groups -OCH3 is 1. The lowest BCUT2D eigenvalue weighted by Gasteiger charge is -2.10. The maximum absolute atomic E-state index is 12.1. The molecule has 22 heavy (non-hydrogen) atoms. The molecule has 8 nitrogen and oxygen atoms in total. The topological polar surface area (TPSA) is 114 Å². The van der Waals surface area contributed by atoms with Gasteiger partial charge in [0.05, 0.1) is 12.2 Å². The van der Waals surface area contributed by atoms with E-state index in [1.165, 1.54) is 7.11 Å². The van der Waals surface area contributed by atoms with E-state index in [4.69, 9.17) is 9.84 Å². The van der Waals surface area contributed by atoms with Crippen LogP contribution in [0.5, 0.6) is 0 Å². The summed E-state index contributed by atoms with van der Waals surface area (Å²) in [4.78, 5) is 35.8. The maximum Gasteiger partial charge on any atom is 0.334 e. The van der Waals surface area contributed by atoms with Crippen LogP contribution in [0.15, 0.2) is 18.5 Å². The van der Waals surface area contributed by atoms with Gasteiger partial charge in [0.15, 0.2) is 16.9 Å². The first-order valence-electron chi connectivity index (χ1n) is 6.31. The number of ether oxygens (including phenoxy) is 1. The Labute approximate surface area is 130 Å². The highest BCUT2D eigenvalue weighted by molar-refractivity contribution is 7.17. The summed E-state index contributed by atoms with van der Waals surface area (Å²) in [5, 5.41) is 11.9. The summed E-state index contributed by atoms with van der Waals surface area (Å²) in [6.07, 6.45) is 2.10. The Morgan fingerprint density at radius 2 is 2.09 bits per heavy atom. The molecule has 2 rings (SSSR count). The van der Waals surface area contributed by atoms with Gasteiger partial charge in [-0.2, -0.15) is 0 Å². The van der Waals surface area contributed by atoms with Gasteiger partial charge in [0.2, 0.25) is 0 Å². The Kier molecular flexibility index (Phi) is 5.12. The van der Waals surface area contributed by atoms with E-state index >= 15 is 0 Å². The number of carboxylic acid groups (broad SMARTS) is 1. The normalized spacial score (nSPS) is 11.9. The standard InChI is InChI=1S/C13H14N4O4S/c1-7-9(11(18)16-6-8(21-2)13(19)20)22-12(17-7)10-14-4-3-5-15-10/h3-5,8H,6H2,1-2H3,(H,16,18)(H,19,20). The predicted molar refractivity (Wildman–Crippen MR) is 78.6 cm³/mol. The number of aromatic nitrogens is 3. The van der Waals surface area contributed by atoms with Crippen LogP contribution in [0.25, 0.3) is 10.8 Å². The molecule has 1 amide bonds. The van der Waals surface area contributed by atoms with Crippen molar-refractivity contribution >= 4 is 23.2 Å². The fraction of sp³-hybridized carbons (Fsp3) is 0.308. The largest absolute Gasteiger partial charge is 0.479 e. The molecule has 9 heteroatoms. The zero-order valence-corrected chi connectivity index (χ0v) is 12.8. The van der Waals surface area contributed by atoms with Crippen LogP contribution in [0.4, 0.5) is 0 Å². The van der Waals surface area contributed by atoms with Crippen molar-refractivity contribution in [2.75, 3.05) is 13.7 Å². The lowest BCUT2D eigenvalue weighted by molar-refractivity contribution is -0.147. The second kappa shape index (κ2) is 7.05. The van der Waals surface area contributed by atoms with Gasteiger partial charge >= 0.3 is 5.97 Å². The zero-order chi connectivity index (χ0) is 16.1. The molecule has 0 saturated carbocycles. The quantitative estimate of drug-likeness (QED) is 0.806. The molecule has 1 unspecified atom stereocenters. The predicted octanol–water partition coefficient (Wildman–Crippen LogP) is 0.738. The van der Waals surface area contributed by atoms with E-state index in [9.17, 15) is 9.59 Å². The number of carboxylic acids is 1. The highest BCUT2D eigenvalue weighted by Gasteiger charge is 2.21. The number of aliphatic carboxylic acids is 1. The van der Waals surface area contributed by atoms with Crippen LogP contribution in [0.1, 0.15) is 15.4 Å². The first kappa shape index (κ1) is 16.0. The van der Waals surface area contributed by atoms with E-state index in [-0.39, 0.29) is 6.54 Å². The zero-order valence-electron chi connectivity index (χ0n) is 11.9. The third kappa shape index (κ3) is 3.62. The van der Waals surface area contributed by atoms with Gasteiger partial charge in [0.25, 0.3) is 5.91 Å². The van der Waals surface area contributed by atoms with Gasteiger partial charge in [-0.15, -0.1) is 11.3 Å². The minimum atomic E-state index is -1.14. The molecule has 0 aliphatic carbocycles. The van der Waals surface area contributed by atoms with Gasteiger partial charge < -0.3 is 15.2 Å². The molecular formula is C13H14N4O4S. The van der Waals surface area contributed by atoms with Gasteiger partial charge in [0, 0.05) is 19.5 Å². The number of hydrogen-bond acceptors (Lipinski definition) is 7. The van der Waals surface area contributed by atoms with E-state index in [2.05, 4.69) is 20.3 Å². The highest BCUT2D eigenvalue weighted by Crippen LogP contribution is 2.24. The minimum Gasteiger partial charge on any atom is -0.479 e. The molecule has 0 aliphatic rings. The van der Waals surface area contributed by atoms with Crippen LogP contribution in [-0.4, -0.2) is 51.7 Å². The van der Waals surface area contributed by atoms with Crippen molar-refractivity contribution in [1.29, 1.82) is 0 Å². The third-order valence-electron chi connectivity index (χ3n) is 2.77. The first-order valence-corrected chi connectivity index (χ1v) is 7.13. The number of aryl methyl sites for hydroxylation is 1. The monoisotopic (exact) mass is 322 g/mol. The lowest BCUT2D eigenvalue weighted by Crippen LogP contribution is -2.37. The number of thiazole rings is 1. The Hall–Kier alpha value is -2.39. The van der Waals surface area contributed by atoms with Gasteiger partial charge in [0.1, 0.15) is 4.88 Å². The average molecular weight is 322 g/mol. The number of carbonyl (C=O) groups is 2. The van der Waals surface area contributed by atoms with Crippen LogP contribution in [-0.2, 0) is 9.53 Å². The van der Waals surface area contributed by atoms with Crippen LogP contribution >= 0.6 is 11.3 Å². The highest BCUT2D eigenvalue weighted by atomic mass is 32.1. The van der Waals surface area contributed by atoms with Crippen molar-refractivity contribution in [1.82, 2.24) is 20.3 Å². The van der Waals surface area contributed by atoms with Crippen molar-refractivity contribution in [3.05, 3.63) is 29.0 Å². The summed E-state index contributed by atoms with van der Waals surface area (Å²) in [5.41, 5.74) is 0.536. The fourth-order valence-corrected chi connectivity index (χ4v) is 2.58. The molecule has 2 heterocycles. The van der Waals surface area contributed by atoms with Crippen molar-refractivity contribution in [3.63, 3.8) is 0 Å². The molecule has 0 spiro atoms. The number of nitrogens with one attached hydrogen (secondary N) is 1. The summed E-state index contributed by atoms with van der Waals surface area (Å²) in [7, 11) is 1.27. The van der Waals surface area contributed by atoms with Crippen LogP contribution in [0, 0.1) is 6.92 Å². The fourth-order valence-electron chi connectivity index (χ4n) is 1.65. The van der Waals surface area contributed by atoms with Crippen molar-refractivity contribution in [2.24, 2.45) is 0 Å². The SMILES string of the molecule is COC(CNC(=O)c1sc(-c2ncccn2)nc1C)C(=O)O. The molecular weight excluding hydrogens is 308 g/mol. The molecule has 0 radical (unpaired) electrons. The van der Waals surface area contributed by atoms with E-state index in [0.29, 0.717) is 21.4 Å². The molecule has 0 saturated heterocycles. The van der Waals surface area contributed by atoms with Crippen molar-refractivity contribution < 1.29 is 19.4 Å². The molecule has 0 aromatic carbocycles. The van der Waals surface area contributed by atoms with Gasteiger partial charge in [-0.3, -0.25) is 4.79 Å². The molecule has 0 fully saturated rings. The molecule has 2 aromatic rings. The molecule has 116 valence electrons. The second-order valence-corrected chi connectivity index (χ2v) is 5.28. The Bertz CT molecular complexity index is 674. The Balaban J connectivity index is 2.11.